The molecule has 4 N–H and O–H groups in total. The summed E-state index contributed by atoms with van der Waals surface area (Å²) >= 11 is 0. The Labute approximate surface area is 108 Å². The van der Waals surface area contributed by atoms with Crippen molar-refractivity contribution >= 4 is 16.9 Å². The summed E-state index contributed by atoms with van der Waals surface area (Å²) in [5.74, 6) is 1.22. The Morgan fingerprint density at radius 1 is 1.21 bits per heavy atom. The van der Waals surface area contributed by atoms with Crippen molar-refractivity contribution in [1.29, 1.82) is 0 Å². The van der Waals surface area contributed by atoms with Crippen LogP contribution in [-0.4, -0.2) is 15.0 Å². The number of ether oxygens (including phenoxy) is 1. The molecule has 0 aliphatic heterocycles. The van der Waals surface area contributed by atoms with Crippen LogP contribution < -0.4 is 16.2 Å². The van der Waals surface area contributed by atoms with Gasteiger partial charge in [0, 0.05) is 18.0 Å². The maximum atomic E-state index is 11.3. The van der Waals surface area contributed by atoms with Crippen LogP contribution in [0.1, 0.15) is 5.56 Å². The molecule has 19 heavy (non-hydrogen) atoms. The Morgan fingerprint density at radius 3 is 2.84 bits per heavy atom. The normalized spacial score (nSPS) is 10.8. The standard InChI is InChI=1S/C13H12N4O2/c1-7-6-8(14)2-3-9(7)19-10-4-5-15-12-11(10)16-13(18)17-12/h2-6H,14H2,1H3,(H2,15,16,17,18). The number of aromatic amines is 2. The summed E-state index contributed by atoms with van der Waals surface area (Å²) in [6.07, 6.45) is 1.58. The quantitative estimate of drug-likeness (QED) is 0.610. The van der Waals surface area contributed by atoms with Gasteiger partial charge in [0.2, 0.25) is 0 Å². The molecule has 0 amide bonds. The van der Waals surface area contributed by atoms with Crippen molar-refractivity contribution in [2.45, 2.75) is 6.92 Å². The number of anilines is 1. The van der Waals surface area contributed by atoms with Crippen LogP contribution >= 0.6 is 0 Å². The number of fused-ring (bicyclic) bond motifs is 1. The molecule has 1 aromatic carbocycles. The summed E-state index contributed by atoms with van der Waals surface area (Å²) in [5, 5.41) is 0. The van der Waals surface area contributed by atoms with Crippen molar-refractivity contribution in [2.24, 2.45) is 0 Å². The van der Waals surface area contributed by atoms with Gasteiger partial charge in [-0.05, 0) is 30.7 Å². The van der Waals surface area contributed by atoms with E-state index in [4.69, 9.17) is 10.5 Å². The first-order valence-electron chi connectivity index (χ1n) is 5.74. The highest BCUT2D eigenvalue weighted by atomic mass is 16.5. The number of benzene rings is 1. The summed E-state index contributed by atoms with van der Waals surface area (Å²) in [6.45, 7) is 1.91. The lowest BCUT2D eigenvalue weighted by Crippen LogP contribution is -1.99. The van der Waals surface area contributed by atoms with E-state index in [9.17, 15) is 4.79 Å². The molecular formula is C13H12N4O2. The molecule has 0 spiro atoms. The van der Waals surface area contributed by atoms with Gasteiger partial charge in [0.25, 0.3) is 0 Å². The van der Waals surface area contributed by atoms with Gasteiger partial charge in [-0.2, -0.15) is 0 Å². The fourth-order valence-electron chi connectivity index (χ4n) is 1.90. The van der Waals surface area contributed by atoms with Crippen molar-refractivity contribution in [1.82, 2.24) is 15.0 Å². The predicted molar refractivity (Wildman–Crippen MR) is 72.4 cm³/mol. The first-order valence-corrected chi connectivity index (χ1v) is 5.74. The van der Waals surface area contributed by atoms with Crippen molar-refractivity contribution in [2.75, 3.05) is 5.73 Å². The van der Waals surface area contributed by atoms with Crippen LogP contribution in [0.25, 0.3) is 11.2 Å². The second-order valence-corrected chi connectivity index (χ2v) is 4.24. The van der Waals surface area contributed by atoms with Crippen LogP contribution in [0, 0.1) is 6.92 Å². The summed E-state index contributed by atoms with van der Waals surface area (Å²) in [4.78, 5) is 20.6. The van der Waals surface area contributed by atoms with Gasteiger partial charge in [0.05, 0.1) is 0 Å². The molecule has 0 radical (unpaired) electrons. The molecule has 0 aliphatic carbocycles. The van der Waals surface area contributed by atoms with E-state index in [2.05, 4.69) is 15.0 Å². The van der Waals surface area contributed by atoms with E-state index in [0.717, 1.165) is 5.56 Å². The molecule has 0 aliphatic rings. The Bertz CT molecular complexity index is 804. The minimum absolute atomic E-state index is 0.312. The molecule has 3 rings (SSSR count). The molecule has 3 aromatic rings. The largest absolute Gasteiger partial charge is 0.455 e. The van der Waals surface area contributed by atoms with E-state index in [1.54, 1.807) is 24.4 Å². The number of nitrogens with zero attached hydrogens (tertiary/aromatic N) is 1. The van der Waals surface area contributed by atoms with E-state index in [1.807, 2.05) is 13.0 Å². The number of nitrogens with one attached hydrogen (secondary N) is 2. The Hall–Kier alpha value is -2.76. The fraction of sp³-hybridized carbons (Fsp3) is 0.0769. The Morgan fingerprint density at radius 2 is 2.05 bits per heavy atom. The molecule has 96 valence electrons. The van der Waals surface area contributed by atoms with Crippen molar-refractivity contribution in [3.63, 3.8) is 0 Å². The van der Waals surface area contributed by atoms with Crippen LogP contribution in [0.4, 0.5) is 5.69 Å². The highest BCUT2D eigenvalue weighted by molar-refractivity contribution is 5.77. The van der Waals surface area contributed by atoms with Crippen molar-refractivity contribution in [3.05, 3.63) is 46.5 Å². The van der Waals surface area contributed by atoms with E-state index in [1.165, 1.54) is 0 Å². The van der Waals surface area contributed by atoms with E-state index < -0.39 is 0 Å². The van der Waals surface area contributed by atoms with Gasteiger partial charge in [0.15, 0.2) is 11.4 Å². The number of H-pyrrole nitrogens is 2. The van der Waals surface area contributed by atoms with Gasteiger partial charge in [-0.3, -0.25) is 4.98 Å². The molecule has 2 aromatic heterocycles. The van der Waals surface area contributed by atoms with E-state index in [0.29, 0.717) is 28.4 Å². The number of imidazole rings is 1. The van der Waals surface area contributed by atoms with Crippen LogP contribution in [0.2, 0.25) is 0 Å². The zero-order chi connectivity index (χ0) is 13.4. The number of nitrogen functional groups attached to an aromatic ring is 1. The molecule has 0 saturated carbocycles. The van der Waals surface area contributed by atoms with Gasteiger partial charge in [-0.1, -0.05) is 0 Å². The third-order valence-electron chi connectivity index (χ3n) is 2.80. The summed E-state index contributed by atoms with van der Waals surface area (Å²) in [7, 11) is 0. The molecule has 0 saturated heterocycles. The van der Waals surface area contributed by atoms with E-state index in [-0.39, 0.29) is 5.69 Å². The number of nitrogens with two attached hydrogens (primary N) is 1. The third-order valence-corrected chi connectivity index (χ3v) is 2.80. The van der Waals surface area contributed by atoms with Crippen LogP contribution in [0.3, 0.4) is 0 Å². The second kappa shape index (κ2) is 4.16. The minimum atomic E-state index is -0.312. The third kappa shape index (κ3) is 2.03. The van der Waals surface area contributed by atoms with Crippen molar-refractivity contribution in [3.8, 4) is 11.5 Å². The highest BCUT2D eigenvalue weighted by Crippen LogP contribution is 2.29. The maximum absolute atomic E-state index is 11.3. The molecule has 0 bridgehead atoms. The van der Waals surface area contributed by atoms with Crippen LogP contribution in [-0.2, 0) is 0 Å². The molecule has 0 unspecified atom stereocenters. The zero-order valence-corrected chi connectivity index (χ0v) is 10.2. The lowest BCUT2D eigenvalue weighted by molar-refractivity contribution is 0.483. The minimum Gasteiger partial charge on any atom is -0.455 e. The zero-order valence-electron chi connectivity index (χ0n) is 10.2. The van der Waals surface area contributed by atoms with Crippen LogP contribution in [0.15, 0.2) is 35.3 Å². The molecule has 0 fully saturated rings. The topological polar surface area (TPSA) is 96.8 Å². The first kappa shape index (κ1) is 11.3. The highest BCUT2D eigenvalue weighted by Gasteiger charge is 2.09. The number of hydrogen-bond donors (Lipinski definition) is 3. The number of aromatic nitrogens is 3. The summed E-state index contributed by atoms with van der Waals surface area (Å²) in [6, 6.07) is 7.08. The van der Waals surface area contributed by atoms with Gasteiger partial charge in [-0.25, -0.2) is 9.78 Å². The summed E-state index contributed by atoms with van der Waals surface area (Å²) < 4.78 is 5.81. The maximum Gasteiger partial charge on any atom is 0.325 e. The number of hydrogen-bond acceptors (Lipinski definition) is 4. The smallest absolute Gasteiger partial charge is 0.325 e. The number of aryl methyl sites for hydroxylation is 1. The van der Waals surface area contributed by atoms with Gasteiger partial charge in [0.1, 0.15) is 11.3 Å². The Balaban J connectivity index is 2.08. The summed E-state index contributed by atoms with van der Waals surface area (Å²) in [5.41, 5.74) is 8.00. The molecule has 6 heteroatoms. The molecule has 0 atom stereocenters. The Kier molecular flexibility index (Phi) is 2.49. The number of rotatable bonds is 2. The monoisotopic (exact) mass is 256 g/mol. The molecular weight excluding hydrogens is 244 g/mol. The lowest BCUT2D eigenvalue weighted by Gasteiger charge is -2.09. The average molecular weight is 256 g/mol. The number of pyridine rings is 1. The molecule has 2 heterocycles. The second-order valence-electron chi connectivity index (χ2n) is 4.24. The van der Waals surface area contributed by atoms with E-state index >= 15 is 0 Å². The van der Waals surface area contributed by atoms with Gasteiger partial charge >= 0.3 is 5.69 Å². The predicted octanol–water partition coefficient (Wildman–Crippen LogP) is 1.93. The first-order chi connectivity index (χ1) is 9.13. The van der Waals surface area contributed by atoms with Gasteiger partial charge < -0.3 is 15.5 Å². The SMILES string of the molecule is Cc1cc(N)ccc1Oc1ccnc2[nH]c(=O)[nH]c12. The van der Waals surface area contributed by atoms with Crippen molar-refractivity contribution < 1.29 is 4.74 Å². The van der Waals surface area contributed by atoms with Gasteiger partial charge in [-0.15, -0.1) is 0 Å². The lowest BCUT2D eigenvalue weighted by atomic mass is 10.2. The fourth-order valence-corrected chi connectivity index (χ4v) is 1.90. The van der Waals surface area contributed by atoms with Crippen LogP contribution in [0.5, 0.6) is 11.5 Å². The average Bonchev–Trinajstić information content (AvgIpc) is 2.74. The molecule has 6 nitrogen and oxygen atoms in total.